The Morgan fingerprint density at radius 2 is 2.10 bits per heavy atom. The largest absolute Gasteiger partial charge is 0.268 e. The molecule has 2 nitrogen and oxygen atoms in total. The molecule has 56 valence electrons. The van der Waals surface area contributed by atoms with Gasteiger partial charge in [-0.05, 0) is 12.8 Å². The third kappa shape index (κ3) is 0.806. The average molecular weight is 138 g/mol. The van der Waals surface area contributed by atoms with E-state index in [-0.39, 0.29) is 0 Å². The lowest BCUT2D eigenvalue weighted by Gasteiger charge is -2.50. The van der Waals surface area contributed by atoms with Crippen molar-refractivity contribution in [2.75, 3.05) is 6.54 Å². The van der Waals surface area contributed by atoms with Crippen LogP contribution in [0.15, 0.2) is 0 Å². The molecule has 0 unspecified atom stereocenters. The Balaban J connectivity index is 2.03. The Morgan fingerprint density at radius 1 is 1.30 bits per heavy atom. The molecule has 0 aliphatic carbocycles. The lowest BCUT2D eigenvalue weighted by atomic mass is 9.44. The van der Waals surface area contributed by atoms with E-state index in [1.54, 1.807) is 0 Å². The molecule has 0 radical (unpaired) electrons. The second-order valence-electron chi connectivity index (χ2n) is 3.73. The molecule has 0 aromatic carbocycles. The molecule has 2 aliphatic rings. The third-order valence-corrected chi connectivity index (χ3v) is 3.18. The van der Waals surface area contributed by atoms with E-state index in [0.717, 1.165) is 6.54 Å². The molecule has 2 rings (SSSR count). The Bertz CT molecular complexity index is 134. The first-order chi connectivity index (χ1) is 4.83. The van der Waals surface area contributed by atoms with Crippen molar-refractivity contribution < 1.29 is 0 Å². The molecule has 0 amide bonds. The third-order valence-electron chi connectivity index (χ3n) is 3.18. The topological polar surface area (TPSA) is 29.3 Å². The molecule has 3 heteroatoms. The summed E-state index contributed by atoms with van der Waals surface area (Å²) < 4.78 is 0. The Morgan fingerprint density at radius 3 is 2.50 bits per heavy atom. The summed E-state index contributed by atoms with van der Waals surface area (Å²) in [6.07, 6.45) is 6.75. The number of hydrazine groups is 1. The monoisotopic (exact) mass is 138 g/mol. The minimum atomic E-state index is 0.470. The molecule has 2 N–H and O–H groups in total. The number of hydrogen-bond donors (Lipinski definition) is 1. The molecule has 0 bridgehead atoms. The quantitative estimate of drug-likeness (QED) is 0.387. The van der Waals surface area contributed by atoms with Crippen LogP contribution in [0.3, 0.4) is 0 Å². The van der Waals surface area contributed by atoms with Crippen molar-refractivity contribution in [2.45, 2.75) is 37.4 Å². The predicted octanol–water partition coefficient (Wildman–Crippen LogP) is 0.371. The molecule has 2 aliphatic heterocycles. The van der Waals surface area contributed by atoms with Gasteiger partial charge in [0, 0.05) is 12.1 Å². The number of nitrogens with two attached hydrogens (primary N) is 1. The highest BCUT2D eigenvalue weighted by Crippen LogP contribution is 2.39. The van der Waals surface area contributed by atoms with Crippen LogP contribution in [0, 0.1) is 0 Å². The van der Waals surface area contributed by atoms with Crippen molar-refractivity contribution in [2.24, 2.45) is 5.84 Å². The maximum absolute atomic E-state index is 5.91. The number of rotatable bonds is 0. The summed E-state index contributed by atoms with van der Waals surface area (Å²) in [7, 11) is 1.40. The predicted molar refractivity (Wildman–Crippen MR) is 44.2 cm³/mol. The van der Waals surface area contributed by atoms with E-state index < -0.39 is 0 Å². The van der Waals surface area contributed by atoms with E-state index >= 15 is 0 Å². The van der Waals surface area contributed by atoms with Crippen LogP contribution < -0.4 is 5.84 Å². The van der Waals surface area contributed by atoms with Crippen molar-refractivity contribution in [1.82, 2.24) is 5.01 Å². The van der Waals surface area contributed by atoms with Crippen molar-refractivity contribution in [3.63, 3.8) is 0 Å². The van der Waals surface area contributed by atoms with Crippen LogP contribution in [0.1, 0.15) is 19.3 Å². The first-order valence-corrected chi connectivity index (χ1v) is 4.36. The highest BCUT2D eigenvalue weighted by molar-refractivity contribution is 6.41. The zero-order chi connectivity index (χ0) is 7.03. The average Bonchev–Trinajstić information content (AvgIpc) is 1.85. The van der Waals surface area contributed by atoms with Crippen molar-refractivity contribution in [3.8, 4) is 0 Å². The van der Waals surface area contributed by atoms with Gasteiger partial charge in [-0.2, -0.15) is 0 Å². The van der Waals surface area contributed by atoms with Crippen LogP contribution in [-0.4, -0.2) is 24.4 Å². The van der Waals surface area contributed by atoms with Gasteiger partial charge in [0.1, 0.15) is 7.28 Å². The Labute approximate surface area is 63.0 Å². The summed E-state index contributed by atoms with van der Waals surface area (Å²) in [6, 6.07) is 0. The van der Waals surface area contributed by atoms with E-state index in [9.17, 15) is 0 Å². The minimum absolute atomic E-state index is 0.470. The maximum atomic E-state index is 5.91. The van der Waals surface area contributed by atoms with Gasteiger partial charge in [0.25, 0.3) is 0 Å². The molecule has 0 aromatic rings. The highest BCUT2D eigenvalue weighted by atomic mass is 15.4. The molecular formula is C7H15BN2. The van der Waals surface area contributed by atoms with Crippen LogP contribution in [0.5, 0.6) is 0 Å². The van der Waals surface area contributed by atoms with Gasteiger partial charge in [-0.15, -0.1) is 0 Å². The lowest BCUT2D eigenvalue weighted by molar-refractivity contribution is 0.0639. The van der Waals surface area contributed by atoms with Crippen LogP contribution >= 0.6 is 0 Å². The fourth-order valence-corrected chi connectivity index (χ4v) is 2.24. The second kappa shape index (κ2) is 2.24. The van der Waals surface area contributed by atoms with E-state index in [1.165, 1.54) is 39.2 Å². The summed E-state index contributed by atoms with van der Waals surface area (Å²) in [5, 5.41) is 2.10. The van der Waals surface area contributed by atoms with Crippen molar-refractivity contribution in [1.29, 1.82) is 0 Å². The summed E-state index contributed by atoms with van der Waals surface area (Å²) >= 11 is 0. The molecular weight excluding hydrogens is 123 g/mol. The Hall–Kier alpha value is -0.0151. The summed E-state index contributed by atoms with van der Waals surface area (Å²) in [5.74, 6) is 5.91. The molecule has 0 aromatic heterocycles. The van der Waals surface area contributed by atoms with Crippen molar-refractivity contribution >= 4 is 7.28 Å². The van der Waals surface area contributed by atoms with Crippen molar-refractivity contribution in [3.05, 3.63) is 0 Å². The van der Waals surface area contributed by atoms with Gasteiger partial charge in [0.05, 0.1) is 0 Å². The fourth-order valence-electron chi connectivity index (χ4n) is 2.24. The fraction of sp³-hybridized carbons (Fsp3) is 1.00. The van der Waals surface area contributed by atoms with E-state index in [4.69, 9.17) is 5.84 Å². The van der Waals surface area contributed by atoms with Gasteiger partial charge in [0.2, 0.25) is 0 Å². The maximum Gasteiger partial charge on any atom is 0.125 e. The molecule has 2 saturated heterocycles. The SMILES string of the molecule is NN1CCCCC12CBC2. The smallest absolute Gasteiger partial charge is 0.125 e. The molecule has 2 fully saturated rings. The first-order valence-electron chi connectivity index (χ1n) is 4.36. The van der Waals surface area contributed by atoms with E-state index in [1.807, 2.05) is 0 Å². The summed E-state index contributed by atoms with van der Waals surface area (Å²) in [6.45, 7) is 1.12. The second-order valence-corrected chi connectivity index (χ2v) is 3.73. The molecule has 10 heavy (non-hydrogen) atoms. The normalized spacial score (nSPS) is 31.3. The standard InChI is InChI=1S/C7H15BN2/c9-10-4-2-1-3-7(10)5-8-6-7/h8H,1-6,9H2. The molecule has 2 heterocycles. The molecule has 0 saturated carbocycles. The van der Waals surface area contributed by atoms with Gasteiger partial charge in [-0.1, -0.05) is 19.1 Å². The zero-order valence-corrected chi connectivity index (χ0v) is 6.47. The van der Waals surface area contributed by atoms with Gasteiger partial charge >= 0.3 is 0 Å². The molecule has 0 atom stereocenters. The highest BCUT2D eigenvalue weighted by Gasteiger charge is 2.42. The van der Waals surface area contributed by atoms with Gasteiger partial charge < -0.3 is 0 Å². The van der Waals surface area contributed by atoms with Crippen LogP contribution in [0.4, 0.5) is 0 Å². The minimum Gasteiger partial charge on any atom is -0.268 e. The van der Waals surface area contributed by atoms with Gasteiger partial charge in [-0.25, -0.2) is 5.01 Å². The van der Waals surface area contributed by atoms with Crippen LogP contribution in [-0.2, 0) is 0 Å². The van der Waals surface area contributed by atoms with Crippen LogP contribution in [0.2, 0.25) is 12.6 Å². The zero-order valence-electron chi connectivity index (χ0n) is 6.47. The first kappa shape index (κ1) is 6.68. The van der Waals surface area contributed by atoms with E-state index in [2.05, 4.69) is 5.01 Å². The number of hydrogen-bond acceptors (Lipinski definition) is 2. The molecule has 1 spiro atoms. The van der Waals surface area contributed by atoms with Gasteiger partial charge in [0.15, 0.2) is 0 Å². The lowest BCUT2D eigenvalue weighted by Crippen LogP contribution is -2.60. The number of piperidine rings is 1. The summed E-state index contributed by atoms with van der Waals surface area (Å²) in [4.78, 5) is 0. The summed E-state index contributed by atoms with van der Waals surface area (Å²) in [5.41, 5.74) is 0.470. The van der Waals surface area contributed by atoms with Crippen LogP contribution in [0.25, 0.3) is 0 Å². The Kier molecular flexibility index (Phi) is 1.50. The number of nitrogens with zero attached hydrogens (tertiary/aromatic N) is 1. The van der Waals surface area contributed by atoms with E-state index in [0.29, 0.717) is 5.54 Å². The van der Waals surface area contributed by atoms with Gasteiger partial charge in [-0.3, -0.25) is 5.84 Å².